The van der Waals surface area contributed by atoms with Crippen LogP contribution in [0.2, 0.25) is 0 Å². The molecule has 1 N–H and O–H groups in total. The van der Waals surface area contributed by atoms with Crippen LogP contribution in [-0.4, -0.2) is 37.0 Å². The van der Waals surface area contributed by atoms with E-state index >= 15 is 0 Å². The quantitative estimate of drug-likeness (QED) is 0.100. The maximum Gasteiger partial charge on any atom is 0.335 e. The number of aliphatic carboxylic acids is 1. The molecule has 0 aromatic heterocycles. The minimum atomic E-state index is -0.904. The molecule has 0 amide bonds. The highest BCUT2D eigenvalue weighted by Gasteiger charge is 2.17. The van der Waals surface area contributed by atoms with Crippen molar-refractivity contribution in [3.63, 3.8) is 0 Å². The molecule has 1 unspecified atom stereocenters. The van der Waals surface area contributed by atoms with Gasteiger partial charge in [-0.2, -0.15) is 0 Å². The molecule has 1 atom stereocenters. The Morgan fingerprint density at radius 3 is 1.17 bits per heavy atom. The minimum absolute atomic E-state index is 0.172. The lowest BCUT2D eigenvalue weighted by molar-refractivity contribution is -0.154. The first-order valence-electron chi connectivity index (χ1n) is 15.6. The van der Waals surface area contributed by atoms with Gasteiger partial charge in [-0.05, 0) is 12.8 Å². The number of hydrogen-bond donors (Lipinski definition) is 1. The summed E-state index contributed by atoms with van der Waals surface area (Å²) in [6.45, 7) is 5.87. The lowest BCUT2D eigenvalue weighted by Crippen LogP contribution is -2.29. The van der Waals surface area contributed by atoms with E-state index in [0.29, 0.717) is 13.2 Å². The van der Waals surface area contributed by atoms with Crippen LogP contribution in [0.3, 0.4) is 0 Å². The summed E-state index contributed by atoms with van der Waals surface area (Å²) < 4.78 is 11.2. The first kappa shape index (κ1) is 34.4. The van der Waals surface area contributed by atoms with Gasteiger partial charge in [0.05, 0.1) is 6.61 Å². The molecule has 0 radical (unpaired) electrons. The lowest BCUT2D eigenvalue weighted by atomic mass is 10.1. The Balaban J connectivity index is 3.40. The van der Waals surface area contributed by atoms with E-state index in [1.54, 1.807) is 0 Å². The Labute approximate surface area is 219 Å². The number of rotatable bonds is 30. The van der Waals surface area contributed by atoms with Crippen molar-refractivity contribution in [2.45, 2.75) is 174 Å². The lowest BCUT2D eigenvalue weighted by Gasteiger charge is -2.14. The number of hydrogen-bond acceptors (Lipinski definition) is 3. The maximum absolute atomic E-state index is 11.4. The van der Waals surface area contributed by atoms with E-state index in [-0.39, 0.29) is 6.61 Å². The minimum Gasteiger partial charge on any atom is -0.479 e. The summed E-state index contributed by atoms with van der Waals surface area (Å²) >= 11 is 0. The van der Waals surface area contributed by atoms with Gasteiger partial charge in [0, 0.05) is 13.2 Å². The fraction of sp³-hybridized carbons (Fsp3) is 0.968. The highest BCUT2D eigenvalue weighted by atomic mass is 16.5. The van der Waals surface area contributed by atoms with Crippen LogP contribution in [-0.2, 0) is 14.3 Å². The number of unbranched alkanes of at least 4 members (excludes halogenated alkanes) is 22. The summed E-state index contributed by atoms with van der Waals surface area (Å²) in [7, 11) is 0. The van der Waals surface area contributed by atoms with Gasteiger partial charge in [0.1, 0.15) is 0 Å². The molecule has 0 saturated heterocycles. The van der Waals surface area contributed by atoms with Crippen LogP contribution in [0, 0.1) is 0 Å². The van der Waals surface area contributed by atoms with Crippen molar-refractivity contribution in [1.82, 2.24) is 0 Å². The second kappa shape index (κ2) is 29.6. The first-order valence-corrected chi connectivity index (χ1v) is 15.6. The highest BCUT2D eigenvalue weighted by molar-refractivity contribution is 5.72. The van der Waals surface area contributed by atoms with Gasteiger partial charge in [-0.25, -0.2) is 4.79 Å². The summed E-state index contributed by atoms with van der Waals surface area (Å²) in [6.07, 6.45) is 30.6. The van der Waals surface area contributed by atoms with E-state index in [1.807, 2.05) is 0 Å². The Hall–Kier alpha value is -0.610. The number of carboxylic acids is 1. The van der Waals surface area contributed by atoms with Crippen molar-refractivity contribution in [3.8, 4) is 0 Å². The number of ether oxygens (including phenoxy) is 2. The molecule has 35 heavy (non-hydrogen) atoms. The van der Waals surface area contributed by atoms with E-state index in [2.05, 4.69) is 13.8 Å². The van der Waals surface area contributed by atoms with E-state index in [0.717, 1.165) is 19.3 Å². The zero-order valence-electron chi connectivity index (χ0n) is 23.8. The molecule has 0 heterocycles. The Morgan fingerprint density at radius 1 is 0.514 bits per heavy atom. The smallest absolute Gasteiger partial charge is 0.335 e. The molecule has 4 nitrogen and oxygen atoms in total. The van der Waals surface area contributed by atoms with E-state index in [1.165, 1.54) is 135 Å². The molecule has 0 aromatic carbocycles. The predicted molar refractivity (Wildman–Crippen MR) is 150 cm³/mol. The third kappa shape index (κ3) is 27.8. The van der Waals surface area contributed by atoms with Crippen LogP contribution >= 0.6 is 0 Å². The SMILES string of the molecule is CCCCCCCCCCCCCCOCC(OCCCCCCCCCCCCCC)C(=O)O. The largest absolute Gasteiger partial charge is 0.479 e. The zero-order chi connectivity index (χ0) is 25.7. The van der Waals surface area contributed by atoms with Gasteiger partial charge in [-0.1, -0.05) is 155 Å². The van der Waals surface area contributed by atoms with E-state index in [9.17, 15) is 9.90 Å². The van der Waals surface area contributed by atoms with Crippen molar-refractivity contribution < 1.29 is 19.4 Å². The van der Waals surface area contributed by atoms with Crippen LogP contribution in [0.15, 0.2) is 0 Å². The molecule has 0 aliphatic heterocycles. The first-order chi connectivity index (χ1) is 17.2. The van der Waals surface area contributed by atoms with Crippen molar-refractivity contribution in [3.05, 3.63) is 0 Å². The zero-order valence-corrected chi connectivity index (χ0v) is 23.8. The summed E-state index contributed by atoms with van der Waals surface area (Å²) in [5.41, 5.74) is 0. The fourth-order valence-electron chi connectivity index (χ4n) is 4.59. The molecule has 0 saturated carbocycles. The molecule has 4 heteroatoms. The van der Waals surface area contributed by atoms with Gasteiger partial charge in [0.25, 0.3) is 0 Å². The van der Waals surface area contributed by atoms with Gasteiger partial charge < -0.3 is 14.6 Å². The van der Waals surface area contributed by atoms with Crippen LogP contribution in [0.4, 0.5) is 0 Å². The molecule has 0 fully saturated rings. The monoisotopic (exact) mass is 498 g/mol. The highest BCUT2D eigenvalue weighted by Crippen LogP contribution is 2.13. The normalized spacial score (nSPS) is 12.3. The summed E-state index contributed by atoms with van der Waals surface area (Å²) in [5, 5.41) is 9.36. The average molecular weight is 499 g/mol. The molecule has 0 spiro atoms. The molecular formula is C31H62O4. The second-order valence-corrected chi connectivity index (χ2v) is 10.6. The Morgan fingerprint density at radius 2 is 0.829 bits per heavy atom. The van der Waals surface area contributed by atoms with Gasteiger partial charge in [-0.15, -0.1) is 0 Å². The average Bonchev–Trinajstić information content (AvgIpc) is 2.85. The summed E-state index contributed by atoms with van der Waals surface area (Å²) in [4.78, 5) is 11.4. The molecule has 0 bridgehead atoms. The van der Waals surface area contributed by atoms with Crippen molar-refractivity contribution in [2.24, 2.45) is 0 Å². The van der Waals surface area contributed by atoms with Crippen molar-refractivity contribution >= 4 is 5.97 Å². The summed E-state index contributed by atoms with van der Waals surface area (Å²) in [5.74, 6) is -0.904. The molecule has 210 valence electrons. The third-order valence-electron chi connectivity index (χ3n) is 7.00. The number of carboxylic acid groups (broad SMARTS) is 1. The van der Waals surface area contributed by atoms with E-state index < -0.39 is 12.1 Å². The maximum atomic E-state index is 11.4. The van der Waals surface area contributed by atoms with Crippen LogP contribution in [0.5, 0.6) is 0 Å². The van der Waals surface area contributed by atoms with Crippen molar-refractivity contribution in [1.29, 1.82) is 0 Å². The summed E-state index contributed by atoms with van der Waals surface area (Å²) in [6, 6.07) is 0. The second-order valence-electron chi connectivity index (χ2n) is 10.6. The fourth-order valence-corrected chi connectivity index (χ4v) is 4.59. The van der Waals surface area contributed by atoms with Gasteiger partial charge in [0.2, 0.25) is 0 Å². The standard InChI is InChI=1S/C31H62O4/c1-3-5-7-9-11-13-15-17-19-21-23-25-27-34-29-30(31(32)33)35-28-26-24-22-20-18-16-14-12-10-8-6-4-2/h30H,3-29H2,1-2H3,(H,32,33). The number of carbonyl (C=O) groups is 1. The Kier molecular flexibility index (Phi) is 29.1. The molecule has 0 aliphatic carbocycles. The predicted octanol–water partition coefficient (Wildman–Crippen LogP) is 9.88. The third-order valence-corrected chi connectivity index (χ3v) is 7.00. The van der Waals surface area contributed by atoms with Crippen LogP contribution in [0.25, 0.3) is 0 Å². The van der Waals surface area contributed by atoms with E-state index in [4.69, 9.17) is 9.47 Å². The molecule has 0 rings (SSSR count). The van der Waals surface area contributed by atoms with Crippen molar-refractivity contribution in [2.75, 3.05) is 19.8 Å². The van der Waals surface area contributed by atoms with Gasteiger partial charge in [0.15, 0.2) is 6.10 Å². The Bertz CT molecular complexity index is 413. The van der Waals surface area contributed by atoms with Crippen LogP contribution in [0.1, 0.15) is 168 Å². The van der Waals surface area contributed by atoms with Crippen LogP contribution < -0.4 is 0 Å². The molecule has 0 aromatic rings. The van der Waals surface area contributed by atoms with Gasteiger partial charge in [-0.3, -0.25) is 0 Å². The topological polar surface area (TPSA) is 55.8 Å². The molecular weight excluding hydrogens is 436 g/mol. The van der Waals surface area contributed by atoms with Gasteiger partial charge >= 0.3 is 5.97 Å². The molecule has 0 aliphatic rings.